The van der Waals surface area contributed by atoms with E-state index in [2.05, 4.69) is 10.1 Å². The highest BCUT2D eigenvalue weighted by Crippen LogP contribution is 2.34. The molecule has 0 saturated heterocycles. The maximum Gasteiger partial charge on any atom is 0.354 e. The van der Waals surface area contributed by atoms with Gasteiger partial charge in [-0.2, -0.15) is 5.10 Å². The van der Waals surface area contributed by atoms with Gasteiger partial charge in [-0.3, -0.25) is 4.68 Å². The van der Waals surface area contributed by atoms with E-state index in [4.69, 9.17) is 9.52 Å². The first-order valence-electron chi connectivity index (χ1n) is 7.39. The number of aromatic carboxylic acids is 1. The average Bonchev–Trinajstić information content (AvgIpc) is 3.15. The van der Waals surface area contributed by atoms with Gasteiger partial charge in [-0.1, -0.05) is 18.2 Å². The number of halogens is 2. The maximum absolute atomic E-state index is 12.9. The van der Waals surface area contributed by atoms with Crippen LogP contribution in [0.1, 0.15) is 10.5 Å². The van der Waals surface area contributed by atoms with Crippen molar-refractivity contribution in [3.05, 3.63) is 48.5 Å². The van der Waals surface area contributed by atoms with E-state index in [0.717, 1.165) is 10.1 Å². The van der Waals surface area contributed by atoms with Crippen LogP contribution in [0, 0.1) is 0 Å². The number of nitrogens with zero attached hydrogens (tertiary/aromatic N) is 3. The summed E-state index contributed by atoms with van der Waals surface area (Å²) in [4.78, 5) is 15.0. The molecule has 8 heteroatoms. The van der Waals surface area contributed by atoms with Gasteiger partial charge in [0.25, 0.3) is 6.43 Å². The minimum absolute atomic E-state index is 0.230. The molecule has 0 radical (unpaired) electrons. The van der Waals surface area contributed by atoms with E-state index in [0.29, 0.717) is 22.2 Å². The Hall–Kier alpha value is -3.29. The van der Waals surface area contributed by atoms with Crippen LogP contribution in [-0.4, -0.2) is 32.3 Å². The van der Waals surface area contributed by atoms with Gasteiger partial charge in [-0.25, -0.2) is 18.6 Å². The Labute approximate surface area is 139 Å². The summed E-state index contributed by atoms with van der Waals surface area (Å²) in [7, 11) is 0. The fraction of sp³-hybridized carbons (Fsp3) is 0.118. The number of fused-ring (bicyclic) bond motifs is 2. The molecule has 25 heavy (non-hydrogen) atoms. The van der Waals surface area contributed by atoms with Crippen molar-refractivity contribution in [2.24, 2.45) is 0 Å². The van der Waals surface area contributed by atoms with Gasteiger partial charge in [0.15, 0.2) is 0 Å². The molecular formula is C17H11F2N3O3. The van der Waals surface area contributed by atoms with Crippen molar-refractivity contribution in [2.45, 2.75) is 13.0 Å². The number of benzene rings is 1. The largest absolute Gasteiger partial charge is 0.477 e. The van der Waals surface area contributed by atoms with Gasteiger partial charge in [-0.15, -0.1) is 0 Å². The highest BCUT2D eigenvalue weighted by molar-refractivity contribution is 6.03. The summed E-state index contributed by atoms with van der Waals surface area (Å²) in [6.07, 6.45) is 0.216. The molecule has 1 N–H and O–H groups in total. The number of para-hydroxylation sites is 1. The Balaban J connectivity index is 1.99. The Morgan fingerprint density at radius 3 is 2.84 bits per heavy atom. The van der Waals surface area contributed by atoms with E-state index in [-0.39, 0.29) is 11.2 Å². The lowest BCUT2D eigenvalue weighted by atomic mass is 10.1. The van der Waals surface area contributed by atoms with Crippen LogP contribution < -0.4 is 0 Å². The Morgan fingerprint density at radius 1 is 1.28 bits per heavy atom. The van der Waals surface area contributed by atoms with E-state index in [1.54, 1.807) is 6.07 Å². The average molecular weight is 343 g/mol. The number of hydrogen-bond donors (Lipinski definition) is 1. The SMILES string of the molecule is O=C(O)c1cc2c(cn1)c(-c1coc3ccccc13)nn2CC(F)F. The molecule has 0 unspecified atom stereocenters. The third-order valence-electron chi connectivity index (χ3n) is 3.90. The van der Waals surface area contributed by atoms with E-state index >= 15 is 0 Å². The predicted molar refractivity (Wildman–Crippen MR) is 85.7 cm³/mol. The van der Waals surface area contributed by atoms with Gasteiger partial charge in [-0.05, 0) is 12.1 Å². The third-order valence-corrected chi connectivity index (χ3v) is 3.90. The molecule has 4 aromatic rings. The summed E-state index contributed by atoms with van der Waals surface area (Å²) in [5, 5.41) is 14.6. The number of alkyl halides is 2. The Kier molecular flexibility index (Phi) is 3.45. The van der Waals surface area contributed by atoms with Crippen molar-refractivity contribution in [3.63, 3.8) is 0 Å². The van der Waals surface area contributed by atoms with Crippen LogP contribution >= 0.6 is 0 Å². The lowest BCUT2D eigenvalue weighted by Crippen LogP contribution is -2.08. The van der Waals surface area contributed by atoms with Crippen molar-refractivity contribution in [1.82, 2.24) is 14.8 Å². The molecule has 4 rings (SSSR count). The number of carboxylic acid groups (broad SMARTS) is 1. The van der Waals surface area contributed by atoms with E-state index in [9.17, 15) is 13.6 Å². The maximum atomic E-state index is 12.9. The summed E-state index contributed by atoms with van der Waals surface area (Å²) in [6.45, 7) is -0.643. The highest BCUT2D eigenvalue weighted by atomic mass is 19.3. The number of carboxylic acids is 1. The first-order chi connectivity index (χ1) is 12.0. The van der Waals surface area contributed by atoms with Gasteiger partial charge >= 0.3 is 5.97 Å². The number of rotatable bonds is 4. The number of pyridine rings is 1. The van der Waals surface area contributed by atoms with Gasteiger partial charge in [0.2, 0.25) is 0 Å². The quantitative estimate of drug-likeness (QED) is 0.609. The number of furan rings is 1. The Bertz CT molecular complexity index is 1100. The molecule has 0 saturated carbocycles. The Morgan fingerprint density at radius 2 is 2.08 bits per heavy atom. The van der Waals surface area contributed by atoms with Crippen LogP contribution in [-0.2, 0) is 6.54 Å². The lowest BCUT2D eigenvalue weighted by molar-refractivity contribution is 0.0690. The smallest absolute Gasteiger partial charge is 0.354 e. The second-order valence-electron chi connectivity index (χ2n) is 5.46. The van der Waals surface area contributed by atoms with Gasteiger partial charge in [0, 0.05) is 22.5 Å². The van der Waals surface area contributed by atoms with Crippen LogP contribution in [0.2, 0.25) is 0 Å². The summed E-state index contributed by atoms with van der Waals surface area (Å²) >= 11 is 0. The van der Waals surface area contributed by atoms with Crippen molar-refractivity contribution < 1.29 is 23.1 Å². The van der Waals surface area contributed by atoms with Crippen molar-refractivity contribution in [3.8, 4) is 11.3 Å². The molecule has 0 fully saturated rings. The molecule has 126 valence electrons. The molecule has 6 nitrogen and oxygen atoms in total. The van der Waals surface area contributed by atoms with Crippen molar-refractivity contribution >= 4 is 27.8 Å². The lowest BCUT2D eigenvalue weighted by Gasteiger charge is -2.02. The van der Waals surface area contributed by atoms with Crippen LogP contribution in [0.15, 0.2) is 47.2 Å². The number of carbonyl (C=O) groups is 1. The van der Waals surface area contributed by atoms with Crippen LogP contribution in [0.25, 0.3) is 33.1 Å². The van der Waals surface area contributed by atoms with Gasteiger partial charge < -0.3 is 9.52 Å². The minimum Gasteiger partial charge on any atom is -0.477 e. The normalized spacial score (nSPS) is 11.6. The van der Waals surface area contributed by atoms with Gasteiger partial charge in [0.05, 0.1) is 5.52 Å². The molecule has 3 aromatic heterocycles. The van der Waals surface area contributed by atoms with Crippen LogP contribution in [0.4, 0.5) is 8.78 Å². The van der Waals surface area contributed by atoms with Crippen LogP contribution in [0.3, 0.4) is 0 Å². The zero-order valence-corrected chi connectivity index (χ0v) is 12.7. The summed E-state index contributed by atoms with van der Waals surface area (Å²) in [5.74, 6) is -1.23. The molecule has 1 aromatic carbocycles. The van der Waals surface area contributed by atoms with E-state index < -0.39 is 18.9 Å². The first kappa shape index (κ1) is 15.3. The van der Waals surface area contributed by atoms with E-state index in [1.807, 2.05) is 18.2 Å². The zero-order valence-electron chi connectivity index (χ0n) is 12.7. The number of hydrogen-bond acceptors (Lipinski definition) is 4. The number of aromatic nitrogens is 3. The fourth-order valence-electron chi connectivity index (χ4n) is 2.82. The summed E-state index contributed by atoms with van der Waals surface area (Å²) < 4.78 is 32.4. The molecule has 0 aliphatic rings. The topological polar surface area (TPSA) is 81.2 Å². The predicted octanol–water partition coefficient (Wildman–Crippen LogP) is 3.81. The van der Waals surface area contributed by atoms with Gasteiger partial charge in [0.1, 0.15) is 29.8 Å². The monoisotopic (exact) mass is 343 g/mol. The molecular weight excluding hydrogens is 332 g/mol. The van der Waals surface area contributed by atoms with Crippen molar-refractivity contribution in [1.29, 1.82) is 0 Å². The molecule has 0 aliphatic carbocycles. The first-order valence-corrected chi connectivity index (χ1v) is 7.39. The van der Waals surface area contributed by atoms with Crippen LogP contribution in [0.5, 0.6) is 0 Å². The zero-order chi connectivity index (χ0) is 17.6. The summed E-state index contributed by atoms with van der Waals surface area (Å²) in [6, 6.07) is 8.53. The second kappa shape index (κ2) is 5.66. The van der Waals surface area contributed by atoms with E-state index in [1.165, 1.54) is 18.5 Å². The van der Waals surface area contributed by atoms with Crippen molar-refractivity contribution in [2.75, 3.05) is 0 Å². The standard InChI is InChI=1S/C17H11F2N3O3/c18-15(19)7-22-13-5-12(17(23)24)20-6-10(13)16(21-22)11-8-25-14-4-2-1-3-9(11)14/h1-6,8,15H,7H2,(H,23,24). The molecule has 0 bridgehead atoms. The summed E-state index contributed by atoms with van der Waals surface area (Å²) in [5.41, 5.74) is 1.76. The molecule has 3 heterocycles. The minimum atomic E-state index is -2.63. The third kappa shape index (κ3) is 2.51. The molecule has 0 aliphatic heterocycles. The highest BCUT2D eigenvalue weighted by Gasteiger charge is 2.20. The fourth-order valence-corrected chi connectivity index (χ4v) is 2.82. The molecule has 0 spiro atoms. The second-order valence-corrected chi connectivity index (χ2v) is 5.46. The molecule has 0 amide bonds. The molecule has 0 atom stereocenters.